The van der Waals surface area contributed by atoms with Crippen molar-refractivity contribution in [2.75, 3.05) is 11.1 Å². The second kappa shape index (κ2) is 10.1. The summed E-state index contributed by atoms with van der Waals surface area (Å²) in [7, 11) is 0. The first-order chi connectivity index (χ1) is 16.3. The van der Waals surface area contributed by atoms with Crippen molar-refractivity contribution in [3.63, 3.8) is 0 Å². The van der Waals surface area contributed by atoms with Crippen molar-refractivity contribution < 1.29 is 14.4 Å². The lowest BCUT2D eigenvalue weighted by molar-refractivity contribution is -0.121. The van der Waals surface area contributed by atoms with Crippen molar-refractivity contribution in [3.8, 4) is 5.69 Å². The minimum absolute atomic E-state index is 0.151. The van der Waals surface area contributed by atoms with Crippen LogP contribution in [0, 0.1) is 20.8 Å². The number of carbonyl (C=O) groups excluding carboxylic acids is 3. The average Bonchev–Trinajstić information content (AvgIpc) is 3.17. The Morgan fingerprint density at radius 2 is 1.82 bits per heavy atom. The molecule has 176 valence electrons. The minimum atomic E-state index is -0.513. The Hall–Kier alpha value is -3.66. The van der Waals surface area contributed by atoms with Gasteiger partial charge in [-0.25, -0.2) is 4.79 Å². The Morgan fingerprint density at radius 3 is 2.56 bits per heavy atom. The van der Waals surface area contributed by atoms with E-state index in [1.54, 1.807) is 0 Å². The lowest BCUT2D eigenvalue weighted by Gasteiger charge is -2.23. The third-order valence-corrected chi connectivity index (χ3v) is 6.35. The van der Waals surface area contributed by atoms with Gasteiger partial charge in [0, 0.05) is 24.6 Å². The molecule has 1 aromatic heterocycles. The Morgan fingerprint density at radius 1 is 1.09 bits per heavy atom. The molecule has 0 saturated carbocycles. The van der Waals surface area contributed by atoms with Crippen LogP contribution in [0.4, 0.5) is 10.5 Å². The average molecular weight is 479 g/mol. The highest BCUT2D eigenvalue weighted by molar-refractivity contribution is 7.99. The maximum absolute atomic E-state index is 12.6. The lowest BCUT2D eigenvalue weighted by Crippen LogP contribution is -2.53. The zero-order valence-corrected chi connectivity index (χ0v) is 20.0. The van der Waals surface area contributed by atoms with Gasteiger partial charge in [0.05, 0.1) is 11.4 Å². The van der Waals surface area contributed by atoms with Crippen molar-refractivity contribution in [1.29, 1.82) is 0 Å². The van der Waals surface area contributed by atoms with Gasteiger partial charge >= 0.3 is 6.03 Å². The van der Waals surface area contributed by atoms with E-state index in [4.69, 9.17) is 0 Å². The number of benzene rings is 2. The number of hydrogen-bond acceptors (Lipinski definition) is 6. The summed E-state index contributed by atoms with van der Waals surface area (Å²) in [5, 5.41) is 17.2. The fourth-order valence-electron chi connectivity index (χ4n) is 3.71. The standard InChI is InChI=1S/C24H26N6O3S/c1-14-5-8-17(9-6-14)25-22(32)13-34-24-29-28-20(11-18-12-21(31)27-23(33)26-18)30(24)19-10-15(2)4-7-16(19)3/h4-10,18H,11-13H2,1-3H3,(H,25,32)(H2,26,27,31,33). The highest BCUT2D eigenvalue weighted by atomic mass is 32.2. The van der Waals surface area contributed by atoms with Crippen molar-refractivity contribution in [2.45, 2.75) is 44.8 Å². The maximum atomic E-state index is 12.6. The molecule has 1 unspecified atom stereocenters. The highest BCUT2D eigenvalue weighted by Gasteiger charge is 2.27. The van der Waals surface area contributed by atoms with Crippen LogP contribution in [0.1, 0.15) is 28.9 Å². The molecular weight excluding hydrogens is 452 g/mol. The third-order valence-electron chi connectivity index (χ3n) is 5.42. The molecule has 1 atom stereocenters. The molecule has 0 aliphatic carbocycles. The maximum Gasteiger partial charge on any atom is 0.321 e. The van der Waals surface area contributed by atoms with E-state index in [9.17, 15) is 14.4 Å². The van der Waals surface area contributed by atoms with E-state index >= 15 is 0 Å². The first-order valence-corrected chi connectivity index (χ1v) is 11.9. The Bertz CT molecular complexity index is 1220. The van der Waals surface area contributed by atoms with E-state index < -0.39 is 12.1 Å². The summed E-state index contributed by atoms with van der Waals surface area (Å²) in [6, 6.07) is 12.8. The van der Waals surface area contributed by atoms with E-state index in [2.05, 4.69) is 26.1 Å². The number of anilines is 1. The van der Waals surface area contributed by atoms with Gasteiger partial charge in [0.1, 0.15) is 5.82 Å². The number of hydrogen-bond donors (Lipinski definition) is 3. The van der Waals surface area contributed by atoms with Gasteiger partial charge < -0.3 is 10.6 Å². The summed E-state index contributed by atoms with van der Waals surface area (Å²) in [4.78, 5) is 36.1. The number of nitrogens with zero attached hydrogens (tertiary/aromatic N) is 3. The van der Waals surface area contributed by atoms with Gasteiger partial charge in [0.15, 0.2) is 5.16 Å². The normalized spacial score (nSPS) is 15.6. The first kappa shape index (κ1) is 23.5. The summed E-state index contributed by atoms with van der Waals surface area (Å²) >= 11 is 1.28. The molecule has 1 saturated heterocycles. The Labute approximate surface area is 201 Å². The van der Waals surface area contributed by atoms with Crippen LogP contribution in [0.25, 0.3) is 5.69 Å². The van der Waals surface area contributed by atoms with Crippen LogP contribution in [0.2, 0.25) is 0 Å². The molecule has 0 radical (unpaired) electrons. The molecule has 10 heteroatoms. The van der Waals surface area contributed by atoms with Gasteiger partial charge in [-0.05, 0) is 50.1 Å². The van der Waals surface area contributed by atoms with Gasteiger partial charge in [-0.2, -0.15) is 0 Å². The fraction of sp³-hybridized carbons (Fsp3) is 0.292. The number of urea groups is 1. The first-order valence-electron chi connectivity index (χ1n) is 10.9. The highest BCUT2D eigenvalue weighted by Crippen LogP contribution is 2.26. The molecule has 2 aromatic carbocycles. The van der Waals surface area contributed by atoms with Gasteiger partial charge in [0.2, 0.25) is 11.8 Å². The predicted octanol–water partition coefficient (Wildman–Crippen LogP) is 3.06. The van der Waals surface area contributed by atoms with Crippen molar-refractivity contribution >= 4 is 35.3 Å². The summed E-state index contributed by atoms with van der Waals surface area (Å²) in [6.45, 7) is 5.98. The largest absolute Gasteiger partial charge is 0.334 e. The molecule has 1 aliphatic rings. The van der Waals surface area contributed by atoms with Crippen LogP contribution >= 0.6 is 11.8 Å². The fourth-order valence-corrected chi connectivity index (χ4v) is 4.47. The quantitative estimate of drug-likeness (QED) is 0.449. The van der Waals surface area contributed by atoms with Crippen LogP contribution < -0.4 is 16.0 Å². The predicted molar refractivity (Wildman–Crippen MR) is 130 cm³/mol. The zero-order valence-electron chi connectivity index (χ0n) is 19.2. The number of carbonyl (C=O) groups is 3. The zero-order chi connectivity index (χ0) is 24.2. The summed E-state index contributed by atoms with van der Waals surface area (Å²) in [5.41, 5.74) is 4.84. The van der Waals surface area contributed by atoms with Crippen molar-refractivity contribution in [3.05, 3.63) is 65.0 Å². The summed E-state index contributed by atoms with van der Waals surface area (Å²) in [5.74, 6) is 0.283. The molecule has 34 heavy (non-hydrogen) atoms. The molecule has 9 nitrogen and oxygen atoms in total. The van der Waals surface area contributed by atoms with Crippen LogP contribution in [0.3, 0.4) is 0 Å². The summed E-state index contributed by atoms with van der Waals surface area (Å²) < 4.78 is 1.91. The number of imide groups is 1. The molecule has 1 aliphatic heterocycles. The van der Waals surface area contributed by atoms with E-state index in [0.29, 0.717) is 17.4 Å². The Balaban J connectivity index is 1.57. The minimum Gasteiger partial charge on any atom is -0.334 e. The smallest absolute Gasteiger partial charge is 0.321 e. The second-order valence-corrected chi connectivity index (χ2v) is 9.30. The van der Waals surface area contributed by atoms with Crippen LogP contribution in [-0.2, 0) is 16.0 Å². The van der Waals surface area contributed by atoms with E-state index in [1.165, 1.54) is 11.8 Å². The van der Waals surface area contributed by atoms with Crippen LogP contribution in [0.15, 0.2) is 47.6 Å². The second-order valence-electron chi connectivity index (χ2n) is 8.35. The topological polar surface area (TPSA) is 118 Å². The SMILES string of the molecule is Cc1ccc(NC(=O)CSc2nnc(CC3CC(=O)NC(=O)N3)n2-c2cc(C)ccc2C)cc1. The molecule has 3 aromatic rings. The monoisotopic (exact) mass is 478 g/mol. The number of amides is 4. The number of rotatable bonds is 7. The van der Waals surface area contributed by atoms with Crippen molar-refractivity contribution in [2.24, 2.45) is 0 Å². The third kappa shape index (κ3) is 5.63. The van der Waals surface area contributed by atoms with Gasteiger partial charge in [-0.15, -0.1) is 10.2 Å². The number of aromatic nitrogens is 3. The lowest BCUT2D eigenvalue weighted by atomic mass is 10.1. The number of aryl methyl sites for hydroxylation is 3. The molecule has 1 fully saturated rings. The molecule has 2 heterocycles. The van der Waals surface area contributed by atoms with Gasteiger partial charge in [-0.3, -0.25) is 19.5 Å². The molecule has 4 rings (SSSR count). The number of thioether (sulfide) groups is 1. The molecule has 3 N–H and O–H groups in total. The molecule has 0 bridgehead atoms. The van der Waals surface area contributed by atoms with E-state index in [-0.39, 0.29) is 24.0 Å². The van der Waals surface area contributed by atoms with E-state index in [0.717, 1.165) is 28.1 Å². The summed E-state index contributed by atoms with van der Waals surface area (Å²) in [6.07, 6.45) is 0.489. The molecule has 0 spiro atoms. The molecular formula is C24H26N6O3S. The van der Waals surface area contributed by atoms with Crippen molar-refractivity contribution in [1.82, 2.24) is 25.4 Å². The Kier molecular flexibility index (Phi) is 6.97. The van der Waals surface area contributed by atoms with Crippen LogP contribution in [-0.4, -0.2) is 44.4 Å². The van der Waals surface area contributed by atoms with Crippen LogP contribution in [0.5, 0.6) is 0 Å². The van der Waals surface area contributed by atoms with E-state index in [1.807, 2.05) is 67.8 Å². The van der Waals surface area contributed by atoms with Gasteiger partial charge in [0.25, 0.3) is 0 Å². The number of nitrogens with one attached hydrogen (secondary N) is 3. The molecule has 4 amide bonds. The van der Waals surface area contributed by atoms with Gasteiger partial charge in [-0.1, -0.05) is 41.6 Å².